The molecule has 0 saturated carbocycles. The minimum absolute atomic E-state index is 0.00389. The Morgan fingerprint density at radius 3 is 2.79 bits per heavy atom. The van der Waals surface area contributed by atoms with Crippen LogP contribution in [0.2, 0.25) is 0 Å². The molecule has 0 aliphatic heterocycles. The monoisotopic (exact) mass is 194 g/mol. The number of allylic oxidation sites excluding steroid dienone is 1. The summed E-state index contributed by atoms with van der Waals surface area (Å²) in [4.78, 5) is 17.1. The molecule has 0 bridgehead atoms. The van der Waals surface area contributed by atoms with Crippen LogP contribution in [0.15, 0.2) is 24.9 Å². The molecule has 0 aliphatic carbocycles. The minimum atomic E-state index is -0.298. The molecule has 1 aromatic rings. The Hall–Kier alpha value is -1.65. The summed E-state index contributed by atoms with van der Waals surface area (Å²) in [7, 11) is 3.73. The molecular weight excluding hydrogens is 180 g/mol. The van der Waals surface area contributed by atoms with Crippen LogP contribution in [-0.4, -0.2) is 39.5 Å². The van der Waals surface area contributed by atoms with Crippen molar-refractivity contribution in [3.8, 4) is 0 Å². The fourth-order valence-electron chi connectivity index (χ4n) is 0.910. The Kier molecular flexibility index (Phi) is 3.39. The second-order valence-corrected chi connectivity index (χ2v) is 3.23. The second kappa shape index (κ2) is 4.55. The Labute approximate surface area is 83.0 Å². The molecule has 0 aromatic carbocycles. The van der Waals surface area contributed by atoms with Crippen molar-refractivity contribution >= 4 is 5.78 Å². The molecule has 0 radical (unpaired) electrons. The maximum atomic E-state index is 11.5. The maximum Gasteiger partial charge on any atom is 0.181 e. The van der Waals surface area contributed by atoms with Crippen molar-refractivity contribution in [2.45, 2.75) is 13.0 Å². The lowest BCUT2D eigenvalue weighted by molar-refractivity contribution is -0.117. The van der Waals surface area contributed by atoms with Gasteiger partial charge in [-0.1, -0.05) is 0 Å². The van der Waals surface area contributed by atoms with Gasteiger partial charge in [0.05, 0.1) is 0 Å². The van der Waals surface area contributed by atoms with Crippen LogP contribution in [-0.2, 0) is 4.79 Å². The van der Waals surface area contributed by atoms with Gasteiger partial charge in [0.25, 0.3) is 0 Å². The van der Waals surface area contributed by atoms with Crippen LogP contribution in [0.3, 0.4) is 0 Å². The van der Waals surface area contributed by atoms with Crippen molar-refractivity contribution < 1.29 is 4.79 Å². The number of aromatic nitrogens is 3. The summed E-state index contributed by atoms with van der Waals surface area (Å²) >= 11 is 0. The normalized spacial score (nSPS) is 13.1. The first kappa shape index (κ1) is 10.4. The highest BCUT2D eigenvalue weighted by molar-refractivity contribution is 5.92. The molecule has 0 amide bonds. The van der Waals surface area contributed by atoms with E-state index in [1.54, 1.807) is 13.1 Å². The van der Waals surface area contributed by atoms with E-state index < -0.39 is 0 Å². The number of hydrogen-bond acceptors (Lipinski definition) is 4. The molecule has 5 nitrogen and oxygen atoms in total. The van der Waals surface area contributed by atoms with Crippen LogP contribution in [0, 0.1) is 0 Å². The van der Waals surface area contributed by atoms with Gasteiger partial charge in [-0.05, 0) is 13.0 Å². The Morgan fingerprint density at radius 1 is 1.57 bits per heavy atom. The van der Waals surface area contributed by atoms with Crippen molar-refractivity contribution in [3.05, 3.63) is 24.9 Å². The largest absolute Gasteiger partial charge is 0.383 e. The first-order valence-electron chi connectivity index (χ1n) is 4.34. The van der Waals surface area contributed by atoms with E-state index in [0.717, 1.165) is 0 Å². The second-order valence-electron chi connectivity index (χ2n) is 3.23. The van der Waals surface area contributed by atoms with E-state index in [2.05, 4.69) is 10.1 Å². The van der Waals surface area contributed by atoms with Crippen LogP contribution >= 0.6 is 0 Å². The molecule has 1 rings (SSSR count). The molecule has 0 N–H and O–H groups in total. The molecule has 14 heavy (non-hydrogen) atoms. The standard InChI is InChI=1S/C9H14N4O/c1-8(13-7-10-6-11-13)9(14)4-5-12(2)3/h4-8H,1-3H3. The van der Waals surface area contributed by atoms with Gasteiger partial charge in [-0.25, -0.2) is 9.67 Å². The Morgan fingerprint density at radius 2 is 2.29 bits per heavy atom. The van der Waals surface area contributed by atoms with E-state index in [9.17, 15) is 4.79 Å². The first-order chi connectivity index (χ1) is 6.61. The van der Waals surface area contributed by atoms with Gasteiger partial charge in [-0.3, -0.25) is 4.79 Å². The Bertz CT molecular complexity index is 316. The topological polar surface area (TPSA) is 51.0 Å². The molecule has 0 saturated heterocycles. The van der Waals surface area contributed by atoms with E-state index in [1.807, 2.05) is 19.0 Å². The van der Waals surface area contributed by atoms with Gasteiger partial charge in [0, 0.05) is 20.3 Å². The fraction of sp³-hybridized carbons (Fsp3) is 0.444. The first-order valence-corrected chi connectivity index (χ1v) is 4.34. The van der Waals surface area contributed by atoms with Crippen molar-refractivity contribution in [2.24, 2.45) is 0 Å². The molecule has 1 heterocycles. The number of nitrogens with zero attached hydrogens (tertiary/aromatic N) is 4. The van der Waals surface area contributed by atoms with Gasteiger partial charge in [-0.15, -0.1) is 0 Å². The summed E-state index contributed by atoms with van der Waals surface area (Å²) in [5, 5.41) is 3.90. The average molecular weight is 194 g/mol. The van der Waals surface area contributed by atoms with Crippen LogP contribution < -0.4 is 0 Å². The SMILES string of the molecule is CC(C(=O)C=CN(C)C)n1cncn1. The molecular formula is C9H14N4O. The molecule has 5 heteroatoms. The summed E-state index contributed by atoms with van der Waals surface area (Å²) in [5.41, 5.74) is 0. The highest BCUT2D eigenvalue weighted by Crippen LogP contribution is 2.04. The highest BCUT2D eigenvalue weighted by Gasteiger charge is 2.11. The quantitative estimate of drug-likeness (QED) is 0.654. The summed E-state index contributed by atoms with van der Waals surface area (Å²) in [6.45, 7) is 1.79. The molecule has 0 fully saturated rings. The smallest absolute Gasteiger partial charge is 0.181 e. The summed E-state index contributed by atoms with van der Waals surface area (Å²) in [6, 6.07) is -0.298. The molecule has 1 unspecified atom stereocenters. The lowest BCUT2D eigenvalue weighted by Gasteiger charge is -2.08. The third-order valence-electron chi connectivity index (χ3n) is 1.78. The van der Waals surface area contributed by atoms with E-state index in [0.29, 0.717) is 0 Å². The number of carbonyl (C=O) groups excluding carboxylic acids is 1. The number of ketones is 1. The molecule has 1 aromatic heterocycles. The number of rotatable bonds is 4. The van der Waals surface area contributed by atoms with E-state index in [-0.39, 0.29) is 11.8 Å². The lowest BCUT2D eigenvalue weighted by atomic mass is 10.2. The molecule has 0 spiro atoms. The lowest BCUT2D eigenvalue weighted by Crippen LogP contribution is -2.15. The van der Waals surface area contributed by atoms with E-state index >= 15 is 0 Å². The van der Waals surface area contributed by atoms with Crippen LogP contribution in [0.25, 0.3) is 0 Å². The number of carbonyl (C=O) groups is 1. The van der Waals surface area contributed by atoms with Gasteiger partial charge < -0.3 is 4.90 Å². The zero-order valence-corrected chi connectivity index (χ0v) is 8.58. The minimum Gasteiger partial charge on any atom is -0.383 e. The summed E-state index contributed by atoms with van der Waals surface area (Å²) < 4.78 is 1.53. The average Bonchev–Trinajstić information content (AvgIpc) is 2.65. The van der Waals surface area contributed by atoms with E-state index in [1.165, 1.54) is 23.4 Å². The predicted molar refractivity (Wildman–Crippen MR) is 52.6 cm³/mol. The highest BCUT2D eigenvalue weighted by atomic mass is 16.1. The van der Waals surface area contributed by atoms with Gasteiger partial charge in [0.15, 0.2) is 5.78 Å². The summed E-state index contributed by atoms with van der Waals surface area (Å²) in [5.74, 6) is 0.00389. The molecule has 1 atom stereocenters. The van der Waals surface area contributed by atoms with Crippen molar-refractivity contribution in [3.63, 3.8) is 0 Å². The maximum absolute atomic E-state index is 11.5. The zero-order chi connectivity index (χ0) is 10.6. The molecule has 76 valence electrons. The predicted octanol–water partition coefficient (Wildman–Crippen LogP) is 0.484. The van der Waals surface area contributed by atoms with Gasteiger partial charge >= 0.3 is 0 Å². The van der Waals surface area contributed by atoms with E-state index in [4.69, 9.17) is 0 Å². The van der Waals surface area contributed by atoms with Crippen molar-refractivity contribution in [2.75, 3.05) is 14.1 Å². The third-order valence-corrected chi connectivity index (χ3v) is 1.78. The van der Waals surface area contributed by atoms with Crippen molar-refractivity contribution in [1.82, 2.24) is 19.7 Å². The van der Waals surface area contributed by atoms with Crippen LogP contribution in [0.1, 0.15) is 13.0 Å². The van der Waals surface area contributed by atoms with Gasteiger partial charge in [0.2, 0.25) is 0 Å². The van der Waals surface area contributed by atoms with Crippen LogP contribution in [0.5, 0.6) is 0 Å². The van der Waals surface area contributed by atoms with Gasteiger partial charge in [0.1, 0.15) is 18.7 Å². The van der Waals surface area contributed by atoms with Gasteiger partial charge in [-0.2, -0.15) is 5.10 Å². The third kappa shape index (κ3) is 2.69. The Balaban J connectivity index is 2.62. The fourth-order valence-corrected chi connectivity index (χ4v) is 0.910. The van der Waals surface area contributed by atoms with Crippen LogP contribution in [0.4, 0.5) is 0 Å². The molecule has 0 aliphatic rings. The zero-order valence-electron chi connectivity index (χ0n) is 8.58. The van der Waals surface area contributed by atoms with Crippen molar-refractivity contribution in [1.29, 1.82) is 0 Å². The summed E-state index contributed by atoms with van der Waals surface area (Å²) in [6.07, 6.45) is 6.20. The number of hydrogen-bond donors (Lipinski definition) is 0.